The molecule has 0 fully saturated rings. The highest BCUT2D eigenvalue weighted by atomic mass is 35.5. The number of para-hydroxylation sites is 2. The van der Waals surface area contributed by atoms with Gasteiger partial charge in [-0.25, -0.2) is 0 Å². The zero-order chi connectivity index (χ0) is 23.0. The number of nitrogens with zero attached hydrogens (tertiary/aromatic N) is 3. The molecule has 1 N–H and O–H groups in total. The highest BCUT2D eigenvalue weighted by Crippen LogP contribution is 2.39. The van der Waals surface area contributed by atoms with Crippen molar-refractivity contribution in [2.24, 2.45) is 0 Å². The van der Waals surface area contributed by atoms with Gasteiger partial charge in [-0.3, -0.25) is 0 Å². The van der Waals surface area contributed by atoms with Gasteiger partial charge in [0.2, 0.25) is 0 Å². The lowest BCUT2D eigenvalue weighted by Crippen LogP contribution is -3.11. The Kier molecular flexibility index (Phi) is 8.97. The minimum atomic E-state index is -0.394. The van der Waals surface area contributed by atoms with E-state index < -0.39 is 5.88 Å². The van der Waals surface area contributed by atoms with Crippen LogP contribution in [-0.2, 0) is 0 Å². The standard InChI is InChI=1S/C18H9Cl2N3O.C6H15N/c19-14-5-3-6-15(20)17(14)23-16-7-2-1-4-12(16)13(18(23)24)8-11(9-21)10-22;1-4-7(5-2)6-3/h1-8,24H;4-6H2,1-3H3. The average molecular weight is 455 g/mol. The van der Waals surface area contributed by atoms with Crippen molar-refractivity contribution in [1.82, 2.24) is 4.57 Å². The second-order valence-corrected chi connectivity index (χ2v) is 7.55. The van der Waals surface area contributed by atoms with E-state index >= 15 is 0 Å². The van der Waals surface area contributed by atoms with Gasteiger partial charge < -0.3 is 14.6 Å². The molecule has 0 aliphatic rings. The minimum Gasteiger partial charge on any atom is -0.859 e. The molecule has 1 heterocycles. The number of hydrogen-bond donors (Lipinski definition) is 1. The van der Waals surface area contributed by atoms with Crippen LogP contribution in [0.25, 0.3) is 22.7 Å². The van der Waals surface area contributed by atoms with Gasteiger partial charge in [-0.15, -0.1) is 0 Å². The lowest BCUT2D eigenvalue weighted by molar-refractivity contribution is -0.894. The Morgan fingerprint density at radius 2 is 1.52 bits per heavy atom. The number of rotatable bonds is 5. The topological polar surface area (TPSA) is 80.0 Å². The fourth-order valence-corrected chi connectivity index (χ4v) is 3.86. The van der Waals surface area contributed by atoms with Gasteiger partial charge in [0.1, 0.15) is 17.7 Å². The Balaban J connectivity index is 0.000000423. The molecule has 3 rings (SSSR count). The SMILES string of the molecule is CC[NH+](CC)CC.N#CC(C#N)=Cc1c([O-])n(-c2c(Cl)cccc2Cl)c2ccccc12. The summed E-state index contributed by atoms with van der Waals surface area (Å²) in [6, 6.07) is 15.6. The molecule has 0 unspecified atom stereocenters. The van der Waals surface area contributed by atoms with Gasteiger partial charge >= 0.3 is 0 Å². The van der Waals surface area contributed by atoms with Gasteiger partial charge in [-0.2, -0.15) is 10.5 Å². The summed E-state index contributed by atoms with van der Waals surface area (Å²) in [5.41, 5.74) is 1.07. The predicted octanol–water partition coefficient (Wildman–Crippen LogP) is 4.37. The van der Waals surface area contributed by atoms with E-state index in [2.05, 4.69) is 20.8 Å². The first-order valence-electron chi connectivity index (χ1n) is 10.0. The summed E-state index contributed by atoms with van der Waals surface area (Å²) in [6.07, 6.45) is 1.28. The van der Waals surface area contributed by atoms with Crippen LogP contribution in [0.2, 0.25) is 10.0 Å². The summed E-state index contributed by atoms with van der Waals surface area (Å²) in [5.74, 6) is -0.394. The van der Waals surface area contributed by atoms with Crippen molar-refractivity contribution in [2.75, 3.05) is 19.6 Å². The molecule has 1 aromatic heterocycles. The summed E-state index contributed by atoms with van der Waals surface area (Å²) < 4.78 is 1.40. The Morgan fingerprint density at radius 3 is 2.00 bits per heavy atom. The normalized spacial score (nSPS) is 10.2. The first-order chi connectivity index (χ1) is 14.9. The summed E-state index contributed by atoms with van der Waals surface area (Å²) >= 11 is 12.5. The molecular formula is C24H24Cl2N4O. The van der Waals surface area contributed by atoms with Gasteiger partial charge in [0.25, 0.3) is 0 Å². The monoisotopic (exact) mass is 454 g/mol. The maximum Gasteiger partial charge on any atom is 0.130 e. The molecule has 0 aliphatic heterocycles. The van der Waals surface area contributed by atoms with Gasteiger partial charge in [0.15, 0.2) is 0 Å². The van der Waals surface area contributed by atoms with E-state index in [-0.39, 0.29) is 11.1 Å². The van der Waals surface area contributed by atoms with E-state index in [0.717, 1.165) is 0 Å². The van der Waals surface area contributed by atoms with Crippen molar-refractivity contribution in [3.05, 3.63) is 63.6 Å². The molecule has 7 heteroatoms. The van der Waals surface area contributed by atoms with Crippen LogP contribution < -0.4 is 10.0 Å². The molecule has 0 radical (unpaired) electrons. The molecule has 0 aliphatic carbocycles. The molecule has 0 saturated heterocycles. The van der Waals surface area contributed by atoms with Crippen LogP contribution in [0.3, 0.4) is 0 Å². The van der Waals surface area contributed by atoms with Crippen molar-refractivity contribution in [2.45, 2.75) is 20.8 Å². The summed E-state index contributed by atoms with van der Waals surface area (Å²) in [5, 5.41) is 32.2. The molecule has 3 aromatic rings. The van der Waals surface area contributed by atoms with Crippen molar-refractivity contribution >= 4 is 40.2 Å². The first kappa shape index (κ1) is 24.3. The smallest absolute Gasteiger partial charge is 0.130 e. The van der Waals surface area contributed by atoms with Gasteiger partial charge in [0.05, 0.1) is 40.9 Å². The zero-order valence-electron chi connectivity index (χ0n) is 17.7. The molecule has 5 nitrogen and oxygen atoms in total. The van der Waals surface area contributed by atoms with E-state index in [1.54, 1.807) is 59.5 Å². The zero-order valence-corrected chi connectivity index (χ0v) is 19.3. The molecule has 0 amide bonds. The van der Waals surface area contributed by atoms with Gasteiger partial charge in [0, 0.05) is 5.39 Å². The van der Waals surface area contributed by atoms with Crippen LogP contribution in [0.4, 0.5) is 0 Å². The first-order valence-corrected chi connectivity index (χ1v) is 10.8. The molecule has 31 heavy (non-hydrogen) atoms. The quantitative estimate of drug-likeness (QED) is 0.580. The number of fused-ring (bicyclic) bond motifs is 1. The van der Waals surface area contributed by atoms with E-state index in [1.807, 2.05) is 0 Å². The summed E-state index contributed by atoms with van der Waals surface area (Å²) in [7, 11) is 0. The third kappa shape index (κ3) is 5.40. The average Bonchev–Trinajstić information content (AvgIpc) is 3.05. The van der Waals surface area contributed by atoms with Crippen molar-refractivity contribution < 1.29 is 10.0 Å². The summed E-state index contributed by atoms with van der Waals surface area (Å²) in [6.45, 7) is 10.5. The van der Waals surface area contributed by atoms with Crippen molar-refractivity contribution in [3.63, 3.8) is 0 Å². The molecule has 160 valence electrons. The van der Waals surface area contributed by atoms with Crippen LogP contribution in [-0.4, -0.2) is 24.2 Å². The number of aromatic nitrogens is 1. The van der Waals surface area contributed by atoms with Crippen LogP contribution in [0.1, 0.15) is 26.3 Å². The van der Waals surface area contributed by atoms with E-state index in [4.69, 9.17) is 33.7 Å². The molecule has 0 saturated carbocycles. The van der Waals surface area contributed by atoms with Crippen molar-refractivity contribution in [1.29, 1.82) is 10.5 Å². The van der Waals surface area contributed by atoms with Crippen LogP contribution in [0.15, 0.2) is 48.0 Å². The molecule has 0 spiro atoms. The van der Waals surface area contributed by atoms with Crippen LogP contribution in [0, 0.1) is 22.7 Å². The van der Waals surface area contributed by atoms with E-state index in [1.165, 1.54) is 30.3 Å². The number of halogens is 2. The Labute approximate surface area is 193 Å². The molecule has 2 aromatic carbocycles. The number of nitrogens with one attached hydrogen (secondary N) is 1. The number of benzene rings is 2. The maximum absolute atomic E-state index is 12.9. The lowest BCUT2D eigenvalue weighted by atomic mass is 10.1. The van der Waals surface area contributed by atoms with E-state index in [9.17, 15) is 5.11 Å². The van der Waals surface area contributed by atoms with Gasteiger partial charge in [-0.05, 0) is 56.5 Å². The second kappa shape index (κ2) is 11.4. The Morgan fingerprint density at radius 1 is 0.968 bits per heavy atom. The largest absolute Gasteiger partial charge is 0.859 e. The maximum atomic E-state index is 12.9. The van der Waals surface area contributed by atoms with Crippen LogP contribution >= 0.6 is 23.2 Å². The molecular weight excluding hydrogens is 431 g/mol. The van der Waals surface area contributed by atoms with Crippen LogP contribution in [0.5, 0.6) is 5.88 Å². The fourth-order valence-electron chi connectivity index (χ4n) is 3.29. The van der Waals surface area contributed by atoms with Gasteiger partial charge in [-0.1, -0.05) is 47.5 Å². The number of nitriles is 2. The number of hydrogen-bond acceptors (Lipinski definition) is 3. The lowest BCUT2D eigenvalue weighted by Gasteiger charge is -2.17. The van der Waals surface area contributed by atoms with Crippen molar-refractivity contribution in [3.8, 4) is 23.7 Å². The molecule has 0 atom stereocenters. The fraction of sp³-hybridized carbons (Fsp3) is 0.250. The Bertz CT molecular complexity index is 1120. The highest BCUT2D eigenvalue weighted by Gasteiger charge is 2.16. The Hall–Kier alpha value is -2.96. The summed E-state index contributed by atoms with van der Waals surface area (Å²) in [4.78, 5) is 1.68. The number of quaternary nitrogens is 1. The highest BCUT2D eigenvalue weighted by molar-refractivity contribution is 6.38. The predicted molar refractivity (Wildman–Crippen MR) is 125 cm³/mol. The number of allylic oxidation sites excluding steroid dienone is 1. The third-order valence-electron chi connectivity index (χ3n) is 5.06. The third-order valence-corrected chi connectivity index (χ3v) is 5.67. The van der Waals surface area contributed by atoms with E-state index in [0.29, 0.717) is 26.6 Å². The molecule has 0 bridgehead atoms. The second-order valence-electron chi connectivity index (χ2n) is 6.73. The minimum absolute atomic E-state index is 0.153.